The monoisotopic (exact) mass is 280 g/mol. The van der Waals surface area contributed by atoms with Gasteiger partial charge in [-0.15, -0.1) is 0 Å². The summed E-state index contributed by atoms with van der Waals surface area (Å²) in [5.41, 5.74) is 1.43. The van der Waals surface area contributed by atoms with E-state index in [2.05, 4.69) is 9.84 Å². The van der Waals surface area contributed by atoms with Crippen LogP contribution in [-0.2, 0) is 16.6 Å². The molecule has 1 aromatic heterocycles. The summed E-state index contributed by atoms with van der Waals surface area (Å²) in [7, 11) is 3.15. The van der Waals surface area contributed by atoms with Crippen LogP contribution in [0.5, 0.6) is 0 Å². The van der Waals surface area contributed by atoms with Crippen LogP contribution >= 0.6 is 0 Å². The van der Waals surface area contributed by atoms with Crippen molar-refractivity contribution < 1.29 is 14.3 Å². The molecule has 1 amide bonds. The maximum atomic E-state index is 12.4. The van der Waals surface area contributed by atoms with Crippen molar-refractivity contribution in [1.82, 2.24) is 19.6 Å². The second-order valence-corrected chi connectivity index (χ2v) is 4.94. The maximum Gasteiger partial charge on any atom is 0.319 e. The predicted octanol–water partition coefficient (Wildman–Crippen LogP) is -0.341. The Morgan fingerprint density at radius 1 is 1.30 bits per heavy atom. The quantitative estimate of drug-likeness (QED) is 0.709. The number of rotatable bonds is 3. The minimum absolute atomic E-state index is 0.00850. The summed E-state index contributed by atoms with van der Waals surface area (Å²) in [6.45, 7) is 4.73. The van der Waals surface area contributed by atoms with Gasteiger partial charge in [0.15, 0.2) is 0 Å². The molecule has 0 radical (unpaired) electrons. The Balaban J connectivity index is 1.92. The van der Waals surface area contributed by atoms with Gasteiger partial charge in [0.25, 0.3) is 5.91 Å². The molecule has 2 heterocycles. The molecule has 1 fully saturated rings. The average molecular weight is 280 g/mol. The van der Waals surface area contributed by atoms with Gasteiger partial charge < -0.3 is 9.64 Å². The SMILES string of the molecule is COC(=O)CN1CCN(C(=O)c2cc(C)nn2C)CC1. The molecule has 1 aliphatic heterocycles. The fraction of sp³-hybridized carbons (Fsp3) is 0.615. The minimum atomic E-state index is -0.243. The highest BCUT2D eigenvalue weighted by molar-refractivity contribution is 5.92. The third-order valence-electron chi connectivity index (χ3n) is 3.46. The molecular weight excluding hydrogens is 260 g/mol. The van der Waals surface area contributed by atoms with E-state index < -0.39 is 0 Å². The topological polar surface area (TPSA) is 67.7 Å². The number of amides is 1. The van der Waals surface area contributed by atoms with Gasteiger partial charge in [0, 0.05) is 33.2 Å². The summed E-state index contributed by atoms with van der Waals surface area (Å²) >= 11 is 0. The molecule has 0 aliphatic carbocycles. The fourth-order valence-electron chi connectivity index (χ4n) is 2.33. The molecule has 1 saturated heterocycles. The average Bonchev–Trinajstić information content (AvgIpc) is 2.77. The standard InChI is InChI=1S/C13H20N4O3/c1-10-8-11(15(2)14-10)13(19)17-6-4-16(5-7-17)9-12(18)20-3/h8H,4-7,9H2,1-3H3. The molecule has 0 atom stereocenters. The lowest BCUT2D eigenvalue weighted by Gasteiger charge is -2.33. The number of carbonyl (C=O) groups excluding carboxylic acids is 2. The second kappa shape index (κ2) is 6.04. The third-order valence-corrected chi connectivity index (χ3v) is 3.46. The van der Waals surface area contributed by atoms with Crippen molar-refractivity contribution in [3.8, 4) is 0 Å². The summed E-state index contributed by atoms with van der Waals surface area (Å²) in [6, 6.07) is 1.79. The Hall–Kier alpha value is -1.89. The number of methoxy groups -OCH3 is 1. The highest BCUT2D eigenvalue weighted by atomic mass is 16.5. The first-order valence-electron chi connectivity index (χ1n) is 6.60. The van der Waals surface area contributed by atoms with E-state index in [0.29, 0.717) is 31.9 Å². The molecule has 2 rings (SSSR count). The smallest absolute Gasteiger partial charge is 0.319 e. The zero-order valence-corrected chi connectivity index (χ0v) is 12.1. The van der Waals surface area contributed by atoms with Gasteiger partial charge in [0.05, 0.1) is 19.3 Å². The van der Waals surface area contributed by atoms with Gasteiger partial charge in [0.2, 0.25) is 0 Å². The first-order chi connectivity index (χ1) is 9.51. The number of nitrogens with zero attached hydrogens (tertiary/aromatic N) is 4. The number of hydrogen-bond acceptors (Lipinski definition) is 5. The van der Waals surface area contributed by atoms with Gasteiger partial charge in [-0.25, -0.2) is 0 Å². The number of hydrogen-bond donors (Lipinski definition) is 0. The zero-order chi connectivity index (χ0) is 14.7. The number of aromatic nitrogens is 2. The molecule has 1 aromatic rings. The fourth-order valence-corrected chi connectivity index (χ4v) is 2.33. The Bertz CT molecular complexity index is 504. The molecule has 7 nitrogen and oxygen atoms in total. The van der Waals surface area contributed by atoms with Crippen molar-refractivity contribution in [1.29, 1.82) is 0 Å². The normalized spacial score (nSPS) is 16.2. The maximum absolute atomic E-state index is 12.4. The summed E-state index contributed by atoms with van der Waals surface area (Å²) in [6.07, 6.45) is 0. The molecule has 20 heavy (non-hydrogen) atoms. The first-order valence-corrected chi connectivity index (χ1v) is 6.60. The molecular formula is C13H20N4O3. The summed E-state index contributed by atoms with van der Waals surface area (Å²) in [5, 5.41) is 4.19. The number of carbonyl (C=O) groups is 2. The number of aryl methyl sites for hydroxylation is 2. The van der Waals surface area contributed by atoms with Crippen LogP contribution in [0.25, 0.3) is 0 Å². The van der Waals surface area contributed by atoms with Crippen LogP contribution < -0.4 is 0 Å². The summed E-state index contributed by atoms with van der Waals surface area (Å²) in [5.74, 6) is -0.252. The van der Waals surface area contributed by atoms with E-state index >= 15 is 0 Å². The Morgan fingerprint density at radius 3 is 2.45 bits per heavy atom. The zero-order valence-electron chi connectivity index (χ0n) is 12.1. The molecule has 0 spiro atoms. The van der Waals surface area contributed by atoms with Gasteiger partial charge in [-0.3, -0.25) is 19.2 Å². The van der Waals surface area contributed by atoms with Crippen molar-refractivity contribution in [3.05, 3.63) is 17.5 Å². The van der Waals surface area contributed by atoms with Crippen molar-refractivity contribution in [2.24, 2.45) is 7.05 Å². The van der Waals surface area contributed by atoms with Crippen LogP contribution in [0.15, 0.2) is 6.07 Å². The highest BCUT2D eigenvalue weighted by Gasteiger charge is 2.25. The highest BCUT2D eigenvalue weighted by Crippen LogP contribution is 2.09. The minimum Gasteiger partial charge on any atom is -0.468 e. The molecule has 0 bridgehead atoms. The van der Waals surface area contributed by atoms with E-state index in [9.17, 15) is 9.59 Å². The van der Waals surface area contributed by atoms with E-state index in [4.69, 9.17) is 0 Å². The van der Waals surface area contributed by atoms with Crippen molar-refractivity contribution >= 4 is 11.9 Å². The van der Waals surface area contributed by atoms with Crippen molar-refractivity contribution in [2.75, 3.05) is 39.8 Å². The Morgan fingerprint density at radius 2 is 1.95 bits per heavy atom. The molecule has 0 aromatic carbocycles. The van der Waals surface area contributed by atoms with Crippen LogP contribution in [0.4, 0.5) is 0 Å². The van der Waals surface area contributed by atoms with E-state index in [1.54, 1.807) is 22.7 Å². The lowest BCUT2D eigenvalue weighted by atomic mass is 10.2. The van der Waals surface area contributed by atoms with E-state index in [0.717, 1.165) is 5.69 Å². The molecule has 0 saturated carbocycles. The lowest BCUT2D eigenvalue weighted by molar-refractivity contribution is -0.142. The first kappa shape index (κ1) is 14.5. The summed E-state index contributed by atoms with van der Waals surface area (Å²) < 4.78 is 6.25. The summed E-state index contributed by atoms with van der Waals surface area (Å²) in [4.78, 5) is 27.4. The number of esters is 1. The molecule has 0 N–H and O–H groups in total. The van der Waals surface area contributed by atoms with Crippen LogP contribution in [-0.4, -0.2) is 71.3 Å². The molecule has 1 aliphatic rings. The van der Waals surface area contributed by atoms with Gasteiger partial charge in [-0.2, -0.15) is 5.10 Å². The third kappa shape index (κ3) is 3.16. The van der Waals surface area contributed by atoms with Crippen molar-refractivity contribution in [2.45, 2.75) is 6.92 Å². The van der Waals surface area contributed by atoms with Crippen LogP contribution in [0.1, 0.15) is 16.2 Å². The van der Waals surface area contributed by atoms with E-state index in [-0.39, 0.29) is 18.4 Å². The molecule has 110 valence electrons. The predicted molar refractivity (Wildman–Crippen MR) is 72.3 cm³/mol. The van der Waals surface area contributed by atoms with Crippen LogP contribution in [0.3, 0.4) is 0 Å². The molecule has 7 heteroatoms. The Kier molecular flexibility index (Phi) is 4.39. The Labute approximate surface area is 118 Å². The number of ether oxygens (including phenoxy) is 1. The van der Waals surface area contributed by atoms with Crippen LogP contribution in [0, 0.1) is 6.92 Å². The van der Waals surface area contributed by atoms with Crippen molar-refractivity contribution in [3.63, 3.8) is 0 Å². The van der Waals surface area contributed by atoms with Crippen LogP contribution in [0.2, 0.25) is 0 Å². The molecule has 0 unspecified atom stereocenters. The van der Waals surface area contributed by atoms with E-state index in [1.807, 2.05) is 11.8 Å². The van der Waals surface area contributed by atoms with Gasteiger partial charge in [-0.05, 0) is 13.0 Å². The largest absolute Gasteiger partial charge is 0.468 e. The van der Waals surface area contributed by atoms with Gasteiger partial charge in [0.1, 0.15) is 5.69 Å². The lowest BCUT2D eigenvalue weighted by Crippen LogP contribution is -2.50. The number of piperazine rings is 1. The van der Waals surface area contributed by atoms with Gasteiger partial charge in [-0.1, -0.05) is 0 Å². The van der Waals surface area contributed by atoms with E-state index in [1.165, 1.54) is 7.11 Å². The second-order valence-electron chi connectivity index (χ2n) is 4.94. The van der Waals surface area contributed by atoms with Gasteiger partial charge >= 0.3 is 5.97 Å².